The maximum absolute atomic E-state index is 14.3. The molecule has 2 aromatic carbocycles. The van der Waals surface area contributed by atoms with Crippen molar-refractivity contribution in [1.82, 2.24) is 9.62 Å². The third kappa shape index (κ3) is 4.25. The first-order valence-corrected chi connectivity index (χ1v) is 10.9. The van der Waals surface area contributed by atoms with Gasteiger partial charge in [-0.05, 0) is 42.3 Å². The number of ether oxygens (including phenoxy) is 3. The highest BCUT2D eigenvalue weighted by Crippen LogP contribution is 2.32. The molecular formula is C20H21FN2O6S. The number of sulfonamides is 1. The molecular weight excluding hydrogens is 415 g/mol. The summed E-state index contributed by atoms with van der Waals surface area (Å²) < 4.78 is 56.7. The lowest BCUT2D eigenvalue weighted by Crippen LogP contribution is -2.41. The number of carbonyl (C=O) groups excluding carboxylic acids is 1. The monoisotopic (exact) mass is 436 g/mol. The molecule has 0 aromatic heterocycles. The van der Waals surface area contributed by atoms with E-state index in [0.717, 1.165) is 22.0 Å². The minimum Gasteiger partial charge on any atom is -0.454 e. The van der Waals surface area contributed by atoms with Crippen molar-refractivity contribution in [3.05, 3.63) is 53.3 Å². The van der Waals surface area contributed by atoms with Crippen LogP contribution in [0.15, 0.2) is 41.3 Å². The summed E-state index contributed by atoms with van der Waals surface area (Å²) in [7, 11) is -4.05. The Balaban J connectivity index is 1.42. The summed E-state index contributed by atoms with van der Waals surface area (Å²) >= 11 is 0. The Morgan fingerprint density at radius 1 is 1.07 bits per heavy atom. The van der Waals surface area contributed by atoms with Gasteiger partial charge < -0.3 is 19.5 Å². The lowest BCUT2D eigenvalue weighted by atomic mass is 10.1. The molecule has 0 saturated carbocycles. The molecule has 4 rings (SSSR count). The van der Waals surface area contributed by atoms with E-state index in [1.54, 1.807) is 0 Å². The average molecular weight is 436 g/mol. The van der Waals surface area contributed by atoms with Gasteiger partial charge in [0.2, 0.25) is 16.8 Å². The second-order valence-electron chi connectivity index (χ2n) is 6.86. The molecule has 1 N–H and O–H groups in total. The fourth-order valence-corrected chi connectivity index (χ4v) is 4.79. The number of hydrogen-bond donors (Lipinski definition) is 1. The van der Waals surface area contributed by atoms with Gasteiger partial charge in [-0.2, -0.15) is 4.31 Å². The van der Waals surface area contributed by atoms with Gasteiger partial charge in [-0.25, -0.2) is 12.8 Å². The summed E-state index contributed by atoms with van der Waals surface area (Å²) in [5.74, 6) is -0.0222. The third-order valence-electron chi connectivity index (χ3n) is 4.92. The maximum atomic E-state index is 14.3. The highest BCUT2D eigenvalue weighted by atomic mass is 32.2. The fourth-order valence-electron chi connectivity index (χ4n) is 3.29. The molecule has 8 nitrogen and oxygen atoms in total. The summed E-state index contributed by atoms with van der Waals surface area (Å²) in [6.45, 7) is 1.31. The van der Waals surface area contributed by atoms with Crippen LogP contribution in [0.3, 0.4) is 0 Å². The number of benzene rings is 2. The highest BCUT2D eigenvalue weighted by Gasteiger charge is 2.29. The van der Waals surface area contributed by atoms with Crippen LogP contribution in [-0.4, -0.2) is 58.3 Å². The number of nitrogens with zero attached hydrogens (tertiary/aromatic N) is 1. The van der Waals surface area contributed by atoms with E-state index in [4.69, 9.17) is 14.2 Å². The van der Waals surface area contributed by atoms with E-state index in [0.29, 0.717) is 24.5 Å². The topological polar surface area (TPSA) is 94.2 Å². The molecule has 0 unspecified atom stereocenters. The van der Waals surface area contributed by atoms with Crippen molar-refractivity contribution < 1.29 is 31.8 Å². The van der Waals surface area contributed by atoms with Crippen LogP contribution in [0.2, 0.25) is 0 Å². The zero-order chi connectivity index (χ0) is 21.1. The summed E-state index contributed by atoms with van der Waals surface area (Å²) in [5, 5.41) is 2.73. The predicted molar refractivity (Wildman–Crippen MR) is 105 cm³/mol. The van der Waals surface area contributed by atoms with Crippen LogP contribution in [0.25, 0.3) is 0 Å². The smallest absolute Gasteiger partial charge is 0.251 e. The quantitative estimate of drug-likeness (QED) is 0.739. The Hall–Kier alpha value is -2.69. The Morgan fingerprint density at radius 3 is 2.63 bits per heavy atom. The van der Waals surface area contributed by atoms with Gasteiger partial charge in [0.1, 0.15) is 10.7 Å². The van der Waals surface area contributed by atoms with Gasteiger partial charge in [0.15, 0.2) is 11.5 Å². The second-order valence-corrected chi connectivity index (χ2v) is 8.76. The Morgan fingerprint density at radius 2 is 1.83 bits per heavy atom. The number of nitrogens with one attached hydrogen (secondary N) is 1. The summed E-state index contributed by atoms with van der Waals surface area (Å²) in [6, 6.07) is 8.88. The van der Waals surface area contributed by atoms with Crippen LogP contribution >= 0.6 is 0 Å². The van der Waals surface area contributed by atoms with Crippen LogP contribution < -0.4 is 14.8 Å². The SMILES string of the molecule is O=C(NCCc1ccc2c(c1)OCO2)c1ccc(F)c(S(=O)(=O)N2CCOCC2)c1. The van der Waals surface area contributed by atoms with Crippen molar-refractivity contribution in [3.8, 4) is 11.5 Å². The van der Waals surface area contributed by atoms with Crippen LogP contribution in [-0.2, 0) is 21.2 Å². The van der Waals surface area contributed by atoms with Gasteiger partial charge in [-0.15, -0.1) is 0 Å². The first-order valence-electron chi connectivity index (χ1n) is 9.49. The van der Waals surface area contributed by atoms with Crippen LogP contribution in [0.1, 0.15) is 15.9 Å². The molecule has 160 valence electrons. The van der Waals surface area contributed by atoms with Gasteiger partial charge in [-0.3, -0.25) is 4.79 Å². The molecule has 0 bridgehead atoms. The van der Waals surface area contributed by atoms with Gasteiger partial charge in [-0.1, -0.05) is 6.07 Å². The molecule has 30 heavy (non-hydrogen) atoms. The molecule has 2 aliphatic rings. The minimum atomic E-state index is -4.05. The van der Waals surface area contributed by atoms with Gasteiger partial charge in [0, 0.05) is 25.2 Å². The molecule has 2 heterocycles. The van der Waals surface area contributed by atoms with Crippen molar-refractivity contribution in [3.63, 3.8) is 0 Å². The molecule has 10 heteroatoms. The normalized spacial score (nSPS) is 16.4. The summed E-state index contributed by atoms with van der Waals surface area (Å²) in [4.78, 5) is 12.0. The lowest BCUT2D eigenvalue weighted by Gasteiger charge is -2.26. The van der Waals surface area contributed by atoms with E-state index in [9.17, 15) is 17.6 Å². The lowest BCUT2D eigenvalue weighted by molar-refractivity contribution is 0.0729. The number of hydrogen-bond acceptors (Lipinski definition) is 6. The molecule has 0 atom stereocenters. The zero-order valence-corrected chi connectivity index (χ0v) is 16.9. The number of halogens is 1. The van der Waals surface area contributed by atoms with Crippen molar-refractivity contribution in [2.75, 3.05) is 39.6 Å². The van der Waals surface area contributed by atoms with Crippen molar-refractivity contribution in [1.29, 1.82) is 0 Å². The van der Waals surface area contributed by atoms with Crippen LogP contribution in [0.5, 0.6) is 11.5 Å². The Labute approximate surface area is 173 Å². The van der Waals surface area contributed by atoms with E-state index < -0.39 is 26.6 Å². The molecule has 1 fully saturated rings. The number of fused-ring (bicyclic) bond motifs is 1. The van der Waals surface area contributed by atoms with E-state index in [1.807, 2.05) is 18.2 Å². The van der Waals surface area contributed by atoms with E-state index >= 15 is 0 Å². The van der Waals surface area contributed by atoms with Crippen molar-refractivity contribution in [2.45, 2.75) is 11.3 Å². The van der Waals surface area contributed by atoms with Gasteiger partial charge >= 0.3 is 0 Å². The van der Waals surface area contributed by atoms with Crippen molar-refractivity contribution in [2.24, 2.45) is 0 Å². The number of rotatable bonds is 6. The molecule has 1 amide bonds. The minimum absolute atomic E-state index is 0.0777. The second kappa shape index (κ2) is 8.58. The predicted octanol–water partition coefficient (Wildman–Crippen LogP) is 1.55. The van der Waals surface area contributed by atoms with Crippen molar-refractivity contribution >= 4 is 15.9 Å². The number of morpholine rings is 1. The third-order valence-corrected chi connectivity index (χ3v) is 6.83. The first-order chi connectivity index (χ1) is 14.4. The van der Waals surface area contributed by atoms with Crippen LogP contribution in [0, 0.1) is 5.82 Å². The highest BCUT2D eigenvalue weighted by molar-refractivity contribution is 7.89. The Bertz CT molecular complexity index is 1050. The van der Waals surface area contributed by atoms with E-state index in [2.05, 4.69) is 5.32 Å². The summed E-state index contributed by atoms with van der Waals surface area (Å²) in [5.41, 5.74) is 1.03. The standard InChI is InChI=1S/C20H21FN2O6S/c21-16-3-2-15(12-19(16)30(25,26)23-7-9-27-10-8-23)20(24)22-6-5-14-1-4-17-18(11-14)29-13-28-17/h1-4,11-12H,5-10,13H2,(H,22,24). The van der Waals surface area contributed by atoms with E-state index in [-0.39, 0.29) is 38.7 Å². The number of carbonyl (C=O) groups is 1. The van der Waals surface area contributed by atoms with Gasteiger partial charge in [0.25, 0.3) is 5.91 Å². The van der Waals surface area contributed by atoms with Crippen LogP contribution in [0.4, 0.5) is 4.39 Å². The zero-order valence-electron chi connectivity index (χ0n) is 16.1. The average Bonchev–Trinajstić information content (AvgIpc) is 3.22. The number of amides is 1. The van der Waals surface area contributed by atoms with E-state index in [1.165, 1.54) is 6.07 Å². The first kappa shape index (κ1) is 20.6. The van der Waals surface area contributed by atoms with Gasteiger partial charge in [0.05, 0.1) is 13.2 Å². The Kier molecular flexibility index (Phi) is 5.89. The maximum Gasteiger partial charge on any atom is 0.251 e. The summed E-state index contributed by atoms with van der Waals surface area (Å²) in [6.07, 6.45) is 0.544. The molecule has 0 spiro atoms. The molecule has 1 saturated heterocycles. The molecule has 0 radical (unpaired) electrons. The largest absolute Gasteiger partial charge is 0.454 e. The molecule has 2 aromatic rings. The molecule has 0 aliphatic carbocycles. The molecule has 2 aliphatic heterocycles. The fraction of sp³-hybridized carbons (Fsp3) is 0.350.